The van der Waals surface area contributed by atoms with Gasteiger partial charge in [0.05, 0.1) is 17.8 Å². The first-order chi connectivity index (χ1) is 13.2. The van der Waals surface area contributed by atoms with E-state index in [-0.39, 0.29) is 0 Å². The lowest BCUT2D eigenvalue weighted by atomic mass is 10.2. The molecule has 0 saturated heterocycles. The second-order valence-electron chi connectivity index (χ2n) is 6.01. The molecule has 3 rings (SSSR count). The van der Waals surface area contributed by atoms with Crippen LogP contribution in [-0.2, 0) is 0 Å². The first kappa shape index (κ1) is 19.3. The quantitative estimate of drug-likeness (QED) is 0.299. The molecule has 2 aromatic carbocycles. The second-order valence-corrected chi connectivity index (χ2v) is 6.81. The van der Waals surface area contributed by atoms with Crippen LogP contribution in [0.5, 0.6) is 5.75 Å². The summed E-state index contributed by atoms with van der Waals surface area (Å²) in [4.78, 5) is 0. The Morgan fingerprint density at radius 3 is 2.70 bits per heavy atom. The molecule has 7 heteroatoms. The van der Waals surface area contributed by atoms with E-state index in [2.05, 4.69) is 22.2 Å². The first-order valence-electron chi connectivity index (χ1n) is 8.88. The van der Waals surface area contributed by atoms with Crippen molar-refractivity contribution in [3.05, 3.63) is 63.9 Å². The third-order valence-corrected chi connectivity index (χ3v) is 4.58. The number of nitrogens with one attached hydrogen (secondary N) is 1. The number of hydrogen-bond acceptors (Lipinski definition) is 4. The summed E-state index contributed by atoms with van der Waals surface area (Å²) < 4.78 is 7.69. The average Bonchev–Trinajstić information content (AvgIpc) is 3.05. The lowest BCUT2D eigenvalue weighted by molar-refractivity contribution is 0.306. The van der Waals surface area contributed by atoms with Gasteiger partial charge in [0, 0.05) is 5.56 Å². The Morgan fingerprint density at radius 1 is 1.19 bits per heavy atom. The van der Waals surface area contributed by atoms with Crippen LogP contribution in [0.25, 0.3) is 11.4 Å². The number of aromatic amines is 1. The van der Waals surface area contributed by atoms with Gasteiger partial charge in [0.15, 0.2) is 5.82 Å². The van der Waals surface area contributed by atoms with Crippen LogP contribution in [-0.4, -0.2) is 27.7 Å². The second kappa shape index (κ2) is 9.48. The van der Waals surface area contributed by atoms with E-state index in [4.69, 9.17) is 28.6 Å². The average molecular weight is 401 g/mol. The molecule has 27 heavy (non-hydrogen) atoms. The monoisotopic (exact) mass is 400 g/mol. The Morgan fingerprint density at radius 2 is 1.96 bits per heavy atom. The zero-order chi connectivity index (χ0) is 19.1. The minimum Gasteiger partial charge on any atom is -0.494 e. The summed E-state index contributed by atoms with van der Waals surface area (Å²) >= 11 is 11.6. The molecular formula is C20H21ClN4OS. The Labute approximate surface area is 168 Å². The number of rotatable bonds is 8. The minimum absolute atomic E-state index is 0.400. The molecule has 0 unspecified atom stereocenters. The fourth-order valence-corrected chi connectivity index (χ4v) is 2.93. The van der Waals surface area contributed by atoms with E-state index >= 15 is 0 Å². The lowest BCUT2D eigenvalue weighted by Gasteiger charge is -2.05. The topological polar surface area (TPSA) is 55.2 Å². The zero-order valence-corrected chi connectivity index (χ0v) is 16.6. The molecule has 1 N–H and O–H groups in total. The van der Waals surface area contributed by atoms with Crippen LogP contribution in [0, 0.1) is 4.77 Å². The number of hydrogen-bond donors (Lipinski definition) is 1. The molecule has 1 aromatic heterocycles. The van der Waals surface area contributed by atoms with Gasteiger partial charge in [-0.25, -0.2) is 5.10 Å². The summed E-state index contributed by atoms with van der Waals surface area (Å²) in [6, 6.07) is 15.2. The van der Waals surface area contributed by atoms with E-state index in [0.29, 0.717) is 15.6 Å². The van der Waals surface area contributed by atoms with Crippen LogP contribution >= 0.6 is 23.8 Å². The van der Waals surface area contributed by atoms with Gasteiger partial charge in [0.25, 0.3) is 0 Å². The molecule has 0 aliphatic rings. The smallest absolute Gasteiger partial charge is 0.216 e. The van der Waals surface area contributed by atoms with Gasteiger partial charge in [-0.05, 0) is 60.6 Å². The third kappa shape index (κ3) is 5.05. The van der Waals surface area contributed by atoms with E-state index in [1.54, 1.807) is 10.9 Å². The van der Waals surface area contributed by atoms with Crippen molar-refractivity contribution >= 4 is 30.0 Å². The number of benzene rings is 2. The number of halogens is 1. The number of nitrogens with zero attached hydrogens (tertiary/aromatic N) is 3. The zero-order valence-electron chi connectivity index (χ0n) is 15.1. The maximum atomic E-state index is 6.27. The molecule has 5 nitrogen and oxygen atoms in total. The highest BCUT2D eigenvalue weighted by Crippen LogP contribution is 2.25. The van der Waals surface area contributed by atoms with Crippen molar-refractivity contribution < 1.29 is 4.74 Å². The van der Waals surface area contributed by atoms with E-state index < -0.39 is 0 Å². The summed E-state index contributed by atoms with van der Waals surface area (Å²) in [7, 11) is 0. The van der Waals surface area contributed by atoms with Crippen molar-refractivity contribution in [1.29, 1.82) is 0 Å². The molecule has 0 aliphatic carbocycles. The van der Waals surface area contributed by atoms with Crippen molar-refractivity contribution in [3.63, 3.8) is 0 Å². The summed E-state index contributed by atoms with van der Waals surface area (Å²) in [5.41, 5.74) is 1.70. The molecule has 0 saturated carbocycles. The Hall–Kier alpha value is -2.44. The van der Waals surface area contributed by atoms with Crippen LogP contribution < -0.4 is 4.74 Å². The van der Waals surface area contributed by atoms with E-state index in [1.807, 2.05) is 48.5 Å². The highest BCUT2D eigenvalue weighted by Gasteiger charge is 2.11. The fraction of sp³-hybridized carbons (Fsp3) is 0.250. The minimum atomic E-state index is 0.400. The molecule has 1 heterocycles. The maximum absolute atomic E-state index is 6.27. The third-order valence-electron chi connectivity index (χ3n) is 3.98. The van der Waals surface area contributed by atoms with E-state index in [0.717, 1.165) is 29.9 Å². The van der Waals surface area contributed by atoms with Gasteiger partial charge in [-0.2, -0.15) is 14.9 Å². The van der Waals surface area contributed by atoms with Crippen LogP contribution in [0.1, 0.15) is 31.7 Å². The highest BCUT2D eigenvalue weighted by molar-refractivity contribution is 7.71. The summed E-state index contributed by atoms with van der Waals surface area (Å²) in [6.07, 6.45) is 5.17. The van der Waals surface area contributed by atoms with Gasteiger partial charge in [0.1, 0.15) is 5.75 Å². The van der Waals surface area contributed by atoms with E-state index in [1.165, 1.54) is 12.8 Å². The number of unbranched alkanes of at least 4 members (excludes halogenated alkanes) is 2. The molecule has 0 amide bonds. The Balaban J connectivity index is 1.74. The predicted molar refractivity (Wildman–Crippen MR) is 112 cm³/mol. The van der Waals surface area contributed by atoms with Crippen molar-refractivity contribution in [3.8, 4) is 17.1 Å². The Kier molecular flexibility index (Phi) is 6.79. The van der Waals surface area contributed by atoms with Gasteiger partial charge >= 0.3 is 0 Å². The van der Waals surface area contributed by atoms with E-state index in [9.17, 15) is 0 Å². The molecule has 3 aromatic rings. The summed E-state index contributed by atoms with van der Waals surface area (Å²) in [5, 5.41) is 12.1. The molecule has 0 spiro atoms. The largest absolute Gasteiger partial charge is 0.494 e. The molecule has 0 radical (unpaired) electrons. The Bertz CT molecular complexity index is 963. The number of H-pyrrole nitrogens is 1. The van der Waals surface area contributed by atoms with Gasteiger partial charge < -0.3 is 4.74 Å². The molecule has 0 bridgehead atoms. The van der Waals surface area contributed by atoms with Gasteiger partial charge in [0.2, 0.25) is 4.77 Å². The van der Waals surface area contributed by atoms with Gasteiger partial charge in [-0.15, -0.1) is 0 Å². The normalized spacial score (nSPS) is 11.2. The van der Waals surface area contributed by atoms with Gasteiger partial charge in [-0.3, -0.25) is 0 Å². The lowest BCUT2D eigenvalue weighted by Crippen LogP contribution is -1.97. The maximum Gasteiger partial charge on any atom is 0.216 e. The van der Waals surface area contributed by atoms with Crippen molar-refractivity contribution in [2.24, 2.45) is 5.10 Å². The number of ether oxygens (including phenoxy) is 1. The van der Waals surface area contributed by atoms with Crippen molar-refractivity contribution in [2.75, 3.05) is 6.61 Å². The van der Waals surface area contributed by atoms with Crippen LogP contribution in [0.4, 0.5) is 0 Å². The fourth-order valence-electron chi connectivity index (χ4n) is 2.53. The standard InChI is InChI=1S/C20H21ClN4OS/c1-2-3-6-13-26-16-11-9-15(10-12-16)14-22-25-19(23-24-20(25)27)17-7-4-5-8-18(17)21/h4-5,7-12,14H,2-3,6,13H2,1H3,(H,24,27). The molecule has 0 aliphatic heterocycles. The van der Waals surface area contributed by atoms with Crippen LogP contribution in [0.2, 0.25) is 5.02 Å². The van der Waals surface area contributed by atoms with Crippen LogP contribution in [0.3, 0.4) is 0 Å². The van der Waals surface area contributed by atoms with Crippen molar-refractivity contribution in [1.82, 2.24) is 14.9 Å². The van der Waals surface area contributed by atoms with Crippen molar-refractivity contribution in [2.45, 2.75) is 26.2 Å². The van der Waals surface area contributed by atoms with Gasteiger partial charge in [-0.1, -0.05) is 43.5 Å². The molecule has 0 atom stereocenters. The first-order valence-corrected chi connectivity index (χ1v) is 9.67. The van der Waals surface area contributed by atoms with Crippen LogP contribution in [0.15, 0.2) is 53.6 Å². The summed E-state index contributed by atoms with van der Waals surface area (Å²) in [5.74, 6) is 1.43. The highest BCUT2D eigenvalue weighted by atomic mass is 35.5. The summed E-state index contributed by atoms with van der Waals surface area (Å²) in [6.45, 7) is 2.92. The predicted octanol–water partition coefficient (Wildman–Crippen LogP) is 5.71. The molecule has 0 fully saturated rings. The number of aromatic nitrogens is 3. The SMILES string of the molecule is CCCCCOc1ccc(C=Nn2c(-c3ccccc3Cl)n[nH]c2=S)cc1. The molecular weight excluding hydrogens is 380 g/mol. The molecule has 140 valence electrons.